The molecule has 0 saturated carbocycles. The van der Waals surface area contributed by atoms with Gasteiger partial charge in [0.2, 0.25) is 0 Å². The summed E-state index contributed by atoms with van der Waals surface area (Å²) in [6.45, 7) is 0. The van der Waals surface area contributed by atoms with E-state index in [0.29, 0.717) is 6.42 Å². The van der Waals surface area contributed by atoms with Crippen molar-refractivity contribution < 1.29 is 4.79 Å². The van der Waals surface area contributed by atoms with Crippen LogP contribution in [-0.2, 0) is 0 Å². The minimum Gasteiger partial charge on any atom is -0.378 e. The van der Waals surface area contributed by atoms with E-state index in [-0.39, 0.29) is 11.7 Å². The van der Waals surface area contributed by atoms with Gasteiger partial charge in [-0.05, 0) is 35.4 Å². The van der Waals surface area contributed by atoms with Crippen molar-refractivity contribution >= 4 is 11.5 Å². The fourth-order valence-corrected chi connectivity index (χ4v) is 3.05. The number of carbonyl (C=O) groups excluding carboxylic acids is 1. The van der Waals surface area contributed by atoms with Crippen molar-refractivity contribution in [2.24, 2.45) is 0 Å². The van der Waals surface area contributed by atoms with E-state index < -0.39 is 0 Å². The zero-order chi connectivity index (χ0) is 17.6. The highest BCUT2D eigenvalue weighted by Gasteiger charge is 2.19. The first-order chi connectivity index (χ1) is 12.1. The first-order valence-electron chi connectivity index (χ1n) is 8.55. The van der Waals surface area contributed by atoms with Crippen LogP contribution in [0.4, 0.5) is 5.69 Å². The van der Waals surface area contributed by atoms with Gasteiger partial charge in [0.25, 0.3) is 0 Å². The van der Waals surface area contributed by atoms with Crippen molar-refractivity contribution in [3.63, 3.8) is 0 Å². The molecule has 3 aromatic rings. The predicted octanol–water partition coefficient (Wildman–Crippen LogP) is 5.16. The molecule has 2 nitrogen and oxygen atoms in total. The van der Waals surface area contributed by atoms with Gasteiger partial charge in [-0.25, -0.2) is 0 Å². The molecular weight excluding hydrogens is 306 g/mol. The van der Waals surface area contributed by atoms with Crippen LogP contribution in [0.15, 0.2) is 84.9 Å². The summed E-state index contributed by atoms with van der Waals surface area (Å²) in [5.74, 6) is 0.242. The van der Waals surface area contributed by atoms with Crippen LogP contribution < -0.4 is 4.90 Å². The van der Waals surface area contributed by atoms with E-state index >= 15 is 0 Å². The minimum atomic E-state index is 0.0726. The minimum absolute atomic E-state index is 0.0726. The monoisotopic (exact) mass is 329 g/mol. The van der Waals surface area contributed by atoms with E-state index in [9.17, 15) is 4.79 Å². The molecule has 0 heterocycles. The van der Waals surface area contributed by atoms with Gasteiger partial charge in [-0.15, -0.1) is 0 Å². The number of carbonyl (C=O) groups is 1. The Kier molecular flexibility index (Phi) is 5.30. The molecule has 3 rings (SSSR count). The topological polar surface area (TPSA) is 20.3 Å². The van der Waals surface area contributed by atoms with Crippen LogP contribution in [0.2, 0.25) is 0 Å². The van der Waals surface area contributed by atoms with Gasteiger partial charge < -0.3 is 4.90 Å². The summed E-state index contributed by atoms with van der Waals surface area (Å²) >= 11 is 0. The maximum Gasteiger partial charge on any atom is 0.163 e. The van der Waals surface area contributed by atoms with Crippen LogP contribution in [0.25, 0.3) is 0 Å². The molecule has 0 fully saturated rings. The highest BCUT2D eigenvalue weighted by atomic mass is 16.1. The van der Waals surface area contributed by atoms with E-state index in [2.05, 4.69) is 24.3 Å². The molecule has 0 aliphatic rings. The molecule has 0 N–H and O–H groups in total. The van der Waals surface area contributed by atoms with Gasteiger partial charge in [0.1, 0.15) is 0 Å². The Hall–Kier alpha value is -2.87. The number of ketones is 1. The molecule has 3 aromatic carbocycles. The Bertz CT molecular complexity index is 768. The molecule has 0 bridgehead atoms. The van der Waals surface area contributed by atoms with Crippen LogP contribution in [0.3, 0.4) is 0 Å². The second-order valence-electron chi connectivity index (χ2n) is 6.44. The third-order valence-electron chi connectivity index (χ3n) is 4.50. The molecule has 0 aliphatic heterocycles. The molecule has 0 spiro atoms. The Balaban J connectivity index is 1.86. The molecule has 0 saturated heterocycles. The van der Waals surface area contributed by atoms with E-state index in [0.717, 1.165) is 11.3 Å². The van der Waals surface area contributed by atoms with Gasteiger partial charge in [0, 0.05) is 37.7 Å². The first-order valence-corrected chi connectivity index (χ1v) is 8.55. The van der Waals surface area contributed by atoms with Crippen LogP contribution >= 0.6 is 0 Å². The molecular formula is C23H23NO. The Labute approximate surface area is 149 Å². The van der Waals surface area contributed by atoms with Crippen molar-refractivity contribution in [2.75, 3.05) is 19.0 Å². The SMILES string of the molecule is CN(C)c1ccc(C(=O)CC(c2ccccc2)c2ccccc2)cc1. The summed E-state index contributed by atoms with van der Waals surface area (Å²) < 4.78 is 0. The molecule has 0 aliphatic carbocycles. The molecule has 126 valence electrons. The lowest BCUT2D eigenvalue weighted by atomic mass is 9.86. The molecule has 0 amide bonds. The molecule has 0 aromatic heterocycles. The van der Waals surface area contributed by atoms with Crippen molar-refractivity contribution in [3.8, 4) is 0 Å². The molecule has 25 heavy (non-hydrogen) atoms. The zero-order valence-corrected chi connectivity index (χ0v) is 14.7. The van der Waals surface area contributed by atoms with Crippen LogP contribution in [0.5, 0.6) is 0 Å². The van der Waals surface area contributed by atoms with Gasteiger partial charge in [0.05, 0.1) is 0 Å². The summed E-state index contributed by atoms with van der Waals surface area (Å²) in [5, 5.41) is 0. The van der Waals surface area contributed by atoms with E-state index in [1.807, 2.05) is 79.7 Å². The number of benzene rings is 3. The lowest BCUT2D eigenvalue weighted by molar-refractivity contribution is 0.0977. The summed E-state index contributed by atoms with van der Waals surface area (Å²) in [6.07, 6.45) is 0.468. The second kappa shape index (κ2) is 7.80. The predicted molar refractivity (Wildman–Crippen MR) is 104 cm³/mol. The lowest BCUT2D eigenvalue weighted by Gasteiger charge is -2.18. The number of rotatable bonds is 6. The summed E-state index contributed by atoms with van der Waals surface area (Å²) in [6, 6.07) is 28.4. The number of Topliss-reactive ketones (excluding diaryl/α,β-unsaturated/α-hetero) is 1. The second-order valence-corrected chi connectivity index (χ2v) is 6.44. The van der Waals surface area contributed by atoms with E-state index in [1.165, 1.54) is 11.1 Å². The van der Waals surface area contributed by atoms with Crippen LogP contribution in [0.1, 0.15) is 33.8 Å². The lowest BCUT2D eigenvalue weighted by Crippen LogP contribution is -2.11. The summed E-state index contributed by atoms with van der Waals surface area (Å²) in [5.41, 5.74) is 4.21. The maximum absolute atomic E-state index is 12.9. The number of anilines is 1. The molecule has 0 atom stereocenters. The van der Waals surface area contributed by atoms with Crippen molar-refractivity contribution in [2.45, 2.75) is 12.3 Å². The van der Waals surface area contributed by atoms with Crippen molar-refractivity contribution in [1.29, 1.82) is 0 Å². The van der Waals surface area contributed by atoms with Crippen molar-refractivity contribution in [3.05, 3.63) is 102 Å². The number of nitrogens with zero attached hydrogens (tertiary/aromatic N) is 1. The van der Waals surface area contributed by atoms with E-state index in [1.54, 1.807) is 0 Å². The van der Waals surface area contributed by atoms with Crippen LogP contribution in [-0.4, -0.2) is 19.9 Å². The zero-order valence-electron chi connectivity index (χ0n) is 14.7. The molecule has 0 unspecified atom stereocenters. The van der Waals surface area contributed by atoms with Crippen LogP contribution in [0, 0.1) is 0 Å². The van der Waals surface area contributed by atoms with Crippen molar-refractivity contribution in [1.82, 2.24) is 0 Å². The Morgan fingerprint density at radius 1 is 0.760 bits per heavy atom. The van der Waals surface area contributed by atoms with E-state index in [4.69, 9.17) is 0 Å². The van der Waals surface area contributed by atoms with Gasteiger partial charge in [-0.2, -0.15) is 0 Å². The third-order valence-corrected chi connectivity index (χ3v) is 4.50. The van der Waals surface area contributed by atoms with Gasteiger partial charge in [-0.3, -0.25) is 4.79 Å². The summed E-state index contributed by atoms with van der Waals surface area (Å²) in [4.78, 5) is 14.9. The Morgan fingerprint density at radius 3 is 1.68 bits per heavy atom. The average Bonchev–Trinajstić information content (AvgIpc) is 2.67. The summed E-state index contributed by atoms with van der Waals surface area (Å²) in [7, 11) is 4.00. The van der Waals surface area contributed by atoms with Gasteiger partial charge in [0.15, 0.2) is 5.78 Å². The third kappa shape index (κ3) is 4.16. The highest BCUT2D eigenvalue weighted by molar-refractivity contribution is 5.97. The quantitative estimate of drug-likeness (QED) is 0.582. The smallest absolute Gasteiger partial charge is 0.163 e. The normalized spacial score (nSPS) is 10.7. The molecule has 2 heteroatoms. The van der Waals surface area contributed by atoms with Gasteiger partial charge in [-0.1, -0.05) is 60.7 Å². The van der Waals surface area contributed by atoms with Gasteiger partial charge >= 0.3 is 0 Å². The average molecular weight is 329 g/mol. The largest absolute Gasteiger partial charge is 0.378 e. The fraction of sp³-hybridized carbons (Fsp3) is 0.174. The maximum atomic E-state index is 12.9. The fourth-order valence-electron chi connectivity index (χ4n) is 3.05. The number of hydrogen-bond donors (Lipinski definition) is 0. The number of hydrogen-bond acceptors (Lipinski definition) is 2. The standard InChI is InChI=1S/C23H23NO/c1-24(2)21-15-13-20(14-16-21)23(25)17-22(18-9-5-3-6-10-18)19-11-7-4-8-12-19/h3-16,22H,17H2,1-2H3. The Morgan fingerprint density at radius 2 is 1.24 bits per heavy atom. The molecule has 0 radical (unpaired) electrons. The first kappa shape index (κ1) is 17.0. The highest BCUT2D eigenvalue weighted by Crippen LogP contribution is 2.29.